The van der Waals surface area contributed by atoms with Gasteiger partial charge < -0.3 is 15.0 Å². The van der Waals surface area contributed by atoms with Crippen molar-refractivity contribution in [1.29, 1.82) is 0 Å². The molecule has 144 valence electrons. The first-order chi connectivity index (χ1) is 12.9. The number of amides is 1. The summed E-state index contributed by atoms with van der Waals surface area (Å²) in [6.07, 6.45) is 1.59. The van der Waals surface area contributed by atoms with Crippen LogP contribution in [-0.2, 0) is 4.79 Å². The number of nitrogens with zero attached hydrogens (tertiary/aromatic N) is 2. The Labute approximate surface area is 161 Å². The summed E-state index contributed by atoms with van der Waals surface area (Å²) in [6.45, 7) is 7.77. The number of aryl methyl sites for hydroxylation is 1. The molecule has 1 atom stereocenters. The predicted molar refractivity (Wildman–Crippen MR) is 109 cm³/mol. The van der Waals surface area contributed by atoms with E-state index in [0.717, 1.165) is 48.0 Å². The summed E-state index contributed by atoms with van der Waals surface area (Å²) in [5, 5.41) is 3.44. The monoisotopic (exact) mass is 367 g/mol. The Morgan fingerprint density at radius 3 is 2.85 bits per heavy atom. The highest BCUT2D eigenvalue weighted by Gasteiger charge is 2.28. The smallest absolute Gasteiger partial charge is 0.222 e. The molecule has 5 heteroatoms. The van der Waals surface area contributed by atoms with Crippen LogP contribution in [0, 0.1) is 12.8 Å². The van der Waals surface area contributed by atoms with Gasteiger partial charge in [0.1, 0.15) is 5.75 Å². The maximum absolute atomic E-state index is 12.3. The molecule has 1 aromatic heterocycles. The maximum Gasteiger partial charge on any atom is 0.222 e. The standard InChI is InChI=1S/C22H29N3O2/c1-15(2)10-22(26)25-9-8-17(14-25)21-13-19(11-16(3)23-21)24-18-6-5-7-20(12-18)27-4/h5-7,11-13,15,17H,8-10,14H2,1-4H3,(H,23,24)/t17-/m1/s1. The van der Waals surface area contributed by atoms with Gasteiger partial charge in [0, 0.05) is 54.3 Å². The zero-order chi connectivity index (χ0) is 19.4. The number of anilines is 2. The van der Waals surface area contributed by atoms with Crippen LogP contribution in [0.1, 0.15) is 44.0 Å². The van der Waals surface area contributed by atoms with Crippen molar-refractivity contribution >= 4 is 17.3 Å². The van der Waals surface area contributed by atoms with Gasteiger partial charge in [-0.25, -0.2) is 0 Å². The fraction of sp³-hybridized carbons (Fsp3) is 0.455. The Kier molecular flexibility index (Phi) is 5.99. The summed E-state index contributed by atoms with van der Waals surface area (Å²) in [6, 6.07) is 12.0. The number of rotatable bonds is 6. The topological polar surface area (TPSA) is 54.5 Å². The number of nitrogens with one attached hydrogen (secondary N) is 1. The highest BCUT2D eigenvalue weighted by atomic mass is 16.5. The largest absolute Gasteiger partial charge is 0.497 e. The van der Waals surface area contributed by atoms with Gasteiger partial charge in [0.05, 0.1) is 7.11 Å². The van der Waals surface area contributed by atoms with Gasteiger partial charge in [-0.3, -0.25) is 9.78 Å². The van der Waals surface area contributed by atoms with Crippen molar-refractivity contribution in [2.75, 3.05) is 25.5 Å². The van der Waals surface area contributed by atoms with E-state index in [4.69, 9.17) is 9.72 Å². The van der Waals surface area contributed by atoms with E-state index in [9.17, 15) is 4.79 Å². The Hall–Kier alpha value is -2.56. The lowest BCUT2D eigenvalue weighted by molar-refractivity contribution is -0.130. The van der Waals surface area contributed by atoms with E-state index in [2.05, 4.69) is 25.2 Å². The zero-order valence-corrected chi connectivity index (χ0v) is 16.7. The Morgan fingerprint density at radius 1 is 1.30 bits per heavy atom. The van der Waals surface area contributed by atoms with Gasteiger partial charge in [0.15, 0.2) is 0 Å². The number of hydrogen-bond acceptors (Lipinski definition) is 4. The lowest BCUT2D eigenvalue weighted by atomic mass is 10.0. The third-order valence-corrected chi connectivity index (χ3v) is 4.87. The second-order valence-corrected chi connectivity index (χ2v) is 7.70. The Balaban J connectivity index is 1.73. The zero-order valence-electron chi connectivity index (χ0n) is 16.7. The van der Waals surface area contributed by atoms with Crippen LogP contribution in [0.5, 0.6) is 5.75 Å². The van der Waals surface area contributed by atoms with Gasteiger partial charge in [-0.15, -0.1) is 0 Å². The van der Waals surface area contributed by atoms with Crippen LogP contribution in [-0.4, -0.2) is 36.0 Å². The number of pyridine rings is 1. The molecule has 2 aromatic rings. The third-order valence-electron chi connectivity index (χ3n) is 4.87. The second-order valence-electron chi connectivity index (χ2n) is 7.70. The number of ether oxygens (including phenoxy) is 1. The van der Waals surface area contributed by atoms with Crippen LogP contribution < -0.4 is 10.1 Å². The van der Waals surface area contributed by atoms with Crippen molar-refractivity contribution in [3.8, 4) is 5.75 Å². The highest BCUT2D eigenvalue weighted by molar-refractivity contribution is 5.76. The van der Waals surface area contributed by atoms with E-state index in [1.54, 1.807) is 7.11 Å². The molecule has 0 aliphatic carbocycles. The molecule has 1 fully saturated rings. The molecule has 0 spiro atoms. The number of methoxy groups -OCH3 is 1. The van der Waals surface area contributed by atoms with Gasteiger partial charge in [0.2, 0.25) is 5.91 Å². The number of likely N-dealkylation sites (tertiary alicyclic amines) is 1. The van der Waals surface area contributed by atoms with E-state index in [0.29, 0.717) is 18.3 Å². The number of hydrogen-bond donors (Lipinski definition) is 1. The summed E-state index contributed by atoms with van der Waals surface area (Å²) in [4.78, 5) is 19.1. The number of carbonyl (C=O) groups excluding carboxylic acids is 1. The molecular formula is C22H29N3O2. The first-order valence-electron chi connectivity index (χ1n) is 9.62. The average molecular weight is 367 g/mol. The number of carbonyl (C=O) groups is 1. The first-order valence-corrected chi connectivity index (χ1v) is 9.62. The molecule has 27 heavy (non-hydrogen) atoms. The van der Waals surface area contributed by atoms with E-state index in [-0.39, 0.29) is 5.91 Å². The molecule has 3 rings (SSSR count). The summed E-state index contributed by atoms with van der Waals surface area (Å²) in [5.74, 6) is 1.77. The molecule has 1 aliphatic heterocycles. The second kappa shape index (κ2) is 8.42. The molecule has 1 amide bonds. The minimum absolute atomic E-state index is 0.259. The minimum Gasteiger partial charge on any atom is -0.497 e. The lowest BCUT2D eigenvalue weighted by Crippen LogP contribution is -2.29. The van der Waals surface area contributed by atoms with Crippen LogP contribution >= 0.6 is 0 Å². The summed E-state index contributed by atoms with van der Waals surface area (Å²) >= 11 is 0. The molecule has 0 saturated carbocycles. The molecule has 0 radical (unpaired) electrons. The van der Waals surface area contributed by atoms with Gasteiger partial charge in [-0.1, -0.05) is 19.9 Å². The minimum atomic E-state index is 0.259. The van der Waals surface area contributed by atoms with E-state index in [1.165, 1.54) is 0 Å². The summed E-state index contributed by atoms with van der Waals surface area (Å²) in [5.41, 5.74) is 4.02. The Bertz CT molecular complexity index is 804. The average Bonchev–Trinajstić information content (AvgIpc) is 3.11. The van der Waals surface area contributed by atoms with Crippen molar-refractivity contribution in [3.05, 3.63) is 47.8 Å². The fourth-order valence-electron chi connectivity index (χ4n) is 3.55. The molecule has 1 N–H and O–H groups in total. The van der Waals surface area contributed by atoms with Gasteiger partial charge in [0.25, 0.3) is 0 Å². The van der Waals surface area contributed by atoms with Crippen molar-refractivity contribution < 1.29 is 9.53 Å². The third kappa shape index (κ3) is 5.00. The Morgan fingerprint density at radius 2 is 2.11 bits per heavy atom. The van der Waals surface area contributed by atoms with Gasteiger partial charge in [-0.05, 0) is 43.5 Å². The quantitative estimate of drug-likeness (QED) is 0.816. The molecule has 0 unspecified atom stereocenters. The first kappa shape index (κ1) is 19.2. The SMILES string of the molecule is COc1cccc(Nc2cc(C)nc([C@@H]3CCN(C(=O)CC(C)C)C3)c2)c1. The van der Waals surface area contributed by atoms with Crippen LogP contribution in [0.2, 0.25) is 0 Å². The number of aromatic nitrogens is 1. The van der Waals surface area contributed by atoms with Gasteiger partial charge >= 0.3 is 0 Å². The van der Waals surface area contributed by atoms with E-state index >= 15 is 0 Å². The van der Waals surface area contributed by atoms with Gasteiger partial charge in [-0.2, -0.15) is 0 Å². The molecule has 1 aliphatic rings. The van der Waals surface area contributed by atoms with Crippen LogP contribution in [0.3, 0.4) is 0 Å². The highest BCUT2D eigenvalue weighted by Crippen LogP contribution is 2.30. The summed E-state index contributed by atoms with van der Waals surface area (Å²) < 4.78 is 5.29. The van der Waals surface area contributed by atoms with Crippen LogP contribution in [0.25, 0.3) is 0 Å². The van der Waals surface area contributed by atoms with Crippen molar-refractivity contribution in [3.63, 3.8) is 0 Å². The molecule has 1 saturated heterocycles. The molecule has 2 heterocycles. The lowest BCUT2D eigenvalue weighted by Gasteiger charge is -2.18. The molecule has 5 nitrogen and oxygen atoms in total. The van der Waals surface area contributed by atoms with Crippen LogP contribution in [0.15, 0.2) is 36.4 Å². The van der Waals surface area contributed by atoms with Crippen molar-refractivity contribution in [1.82, 2.24) is 9.88 Å². The maximum atomic E-state index is 12.3. The normalized spacial score (nSPS) is 16.6. The van der Waals surface area contributed by atoms with E-state index in [1.807, 2.05) is 42.2 Å². The fourth-order valence-corrected chi connectivity index (χ4v) is 3.55. The van der Waals surface area contributed by atoms with Crippen molar-refractivity contribution in [2.45, 2.75) is 39.5 Å². The van der Waals surface area contributed by atoms with E-state index < -0.39 is 0 Å². The van der Waals surface area contributed by atoms with Crippen molar-refractivity contribution in [2.24, 2.45) is 5.92 Å². The summed E-state index contributed by atoms with van der Waals surface area (Å²) in [7, 11) is 1.67. The molecule has 1 aromatic carbocycles. The van der Waals surface area contributed by atoms with Crippen LogP contribution in [0.4, 0.5) is 11.4 Å². The predicted octanol–water partition coefficient (Wildman–Crippen LogP) is 4.50. The molecule has 0 bridgehead atoms. The molecular weight excluding hydrogens is 338 g/mol. The number of benzene rings is 1.